The van der Waals surface area contributed by atoms with E-state index in [4.69, 9.17) is 5.11 Å². The smallest absolute Gasteiger partial charge is 0.306 e. The number of hydrogen-bond donors (Lipinski definition) is 1. The first-order chi connectivity index (χ1) is 5.74. The van der Waals surface area contributed by atoms with E-state index in [1.165, 1.54) is 0 Å². The van der Waals surface area contributed by atoms with Crippen LogP contribution in [0.2, 0.25) is 0 Å². The van der Waals surface area contributed by atoms with Crippen LogP contribution in [0.3, 0.4) is 0 Å². The monoisotopic (exact) mass is 168 g/mol. The van der Waals surface area contributed by atoms with E-state index in [1.54, 1.807) is 0 Å². The number of allylic oxidation sites excluding steroid dienone is 2. The molecule has 68 valence electrons. The summed E-state index contributed by atoms with van der Waals surface area (Å²) in [4.78, 5) is 10.6. The van der Waals surface area contributed by atoms with E-state index >= 15 is 0 Å². The molecule has 0 atom stereocenters. The maximum atomic E-state index is 10.6. The van der Waals surface area contributed by atoms with E-state index in [9.17, 15) is 4.79 Å². The van der Waals surface area contributed by atoms with Crippen molar-refractivity contribution >= 4 is 5.97 Å². The molecule has 1 aliphatic carbocycles. The zero-order valence-electron chi connectivity index (χ0n) is 7.49. The lowest BCUT2D eigenvalue weighted by Gasteiger charge is -2.23. The van der Waals surface area contributed by atoms with Crippen molar-refractivity contribution in [2.45, 2.75) is 32.6 Å². The zero-order valence-corrected chi connectivity index (χ0v) is 7.49. The molecule has 0 radical (unpaired) electrons. The van der Waals surface area contributed by atoms with Crippen LogP contribution >= 0.6 is 0 Å². The Bertz CT molecular complexity index is 176. The van der Waals surface area contributed by atoms with Gasteiger partial charge in [0.25, 0.3) is 0 Å². The molecule has 0 bridgehead atoms. The van der Waals surface area contributed by atoms with Gasteiger partial charge in [0.2, 0.25) is 0 Å². The Hall–Kier alpha value is -0.790. The molecule has 12 heavy (non-hydrogen) atoms. The summed E-state index contributed by atoms with van der Waals surface area (Å²) in [5.41, 5.74) is 0. The summed E-state index contributed by atoms with van der Waals surface area (Å²) in [5, 5.41) is 8.74. The van der Waals surface area contributed by atoms with Crippen LogP contribution in [-0.2, 0) is 4.79 Å². The van der Waals surface area contributed by atoms with Gasteiger partial charge in [-0.15, -0.1) is 0 Å². The van der Waals surface area contributed by atoms with Crippen molar-refractivity contribution in [3.8, 4) is 0 Å². The first-order valence-electron chi connectivity index (χ1n) is 4.59. The largest absolute Gasteiger partial charge is 0.481 e. The Kier molecular flexibility index (Phi) is 3.32. The molecular formula is C10H16O2. The fourth-order valence-corrected chi connectivity index (χ4v) is 1.83. The van der Waals surface area contributed by atoms with Gasteiger partial charge in [0.1, 0.15) is 0 Å². The molecule has 1 rings (SSSR count). The van der Waals surface area contributed by atoms with Gasteiger partial charge in [-0.05, 0) is 38.5 Å². The normalized spacial score (nSPS) is 30.8. The van der Waals surface area contributed by atoms with Gasteiger partial charge >= 0.3 is 5.97 Å². The SMILES string of the molecule is C/C=C/C1CCC(C(=O)O)CC1. The molecule has 0 amide bonds. The molecule has 2 heteroatoms. The summed E-state index contributed by atoms with van der Waals surface area (Å²) in [6, 6.07) is 0. The van der Waals surface area contributed by atoms with Gasteiger partial charge in [-0.1, -0.05) is 12.2 Å². The van der Waals surface area contributed by atoms with Crippen LogP contribution in [0.5, 0.6) is 0 Å². The van der Waals surface area contributed by atoms with Crippen LogP contribution < -0.4 is 0 Å². The molecule has 0 unspecified atom stereocenters. The highest BCUT2D eigenvalue weighted by molar-refractivity contribution is 5.70. The Labute approximate surface area is 73.3 Å². The number of carbonyl (C=O) groups is 1. The number of carboxylic acid groups (broad SMARTS) is 1. The van der Waals surface area contributed by atoms with Crippen molar-refractivity contribution in [1.82, 2.24) is 0 Å². The van der Waals surface area contributed by atoms with Gasteiger partial charge in [0.15, 0.2) is 0 Å². The molecule has 0 aliphatic heterocycles. The summed E-state index contributed by atoms with van der Waals surface area (Å²) in [6.45, 7) is 2.02. The minimum absolute atomic E-state index is 0.0773. The van der Waals surface area contributed by atoms with Gasteiger partial charge in [-0.3, -0.25) is 4.79 Å². The van der Waals surface area contributed by atoms with Crippen LogP contribution in [0, 0.1) is 11.8 Å². The minimum Gasteiger partial charge on any atom is -0.481 e. The van der Waals surface area contributed by atoms with Crippen molar-refractivity contribution in [3.63, 3.8) is 0 Å². The fraction of sp³-hybridized carbons (Fsp3) is 0.700. The molecule has 2 nitrogen and oxygen atoms in total. The summed E-state index contributed by atoms with van der Waals surface area (Å²) in [6.07, 6.45) is 8.04. The Morgan fingerprint density at radius 2 is 1.92 bits per heavy atom. The highest BCUT2D eigenvalue weighted by Gasteiger charge is 2.24. The molecule has 1 fully saturated rings. The lowest BCUT2D eigenvalue weighted by molar-refractivity contribution is -0.142. The molecule has 0 aromatic heterocycles. The summed E-state index contributed by atoms with van der Waals surface area (Å²) in [5.74, 6) is -0.0639. The van der Waals surface area contributed by atoms with Gasteiger partial charge in [-0.2, -0.15) is 0 Å². The first-order valence-corrected chi connectivity index (χ1v) is 4.59. The van der Waals surface area contributed by atoms with Crippen LogP contribution in [0.4, 0.5) is 0 Å². The van der Waals surface area contributed by atoms with Crippen LogP contribution in [0.15, 0.2) is 12.2 Å². The van der Waals surface area contributed by atoms with Crippen LogP contribution in [0.25, 0.3) is 0 Å². The summed E-state index contributed by atoms with van der Waals surface area (Å²) < 4.78 is 0. The van der Waals surface area contributed by atoms with E-state index < -0.39 is 5.97 Å². The zero-order chi connectivity index (χ0) is 8.97. The number of rotatable bonds is 2. The van der Waals surface area contributed by atoms with E-state index in [2.05, 4.69) is 12.2 Å². The number of aliphatic carboxylic acids is 1. The quantitative estimate of drug-likeness (QED) is 0.643. The predicted molar refractivity (Wildman–Crippen MR) is 47.9 cm³/mol. The minimum atomic E-state index is -0.617. The molecular weight excluding hydrogens is 152 g/mol. The fourth-order valence-electron chi connectivity index (χ4n) is 1.83. The highest BCUT2D eigenvalue weighted by Crippen LogP contribution is 2.29. The standard InChI is InChI=1S/C10H16O2/c1-2-3-8-4-6-9(7-5-8)10(11)12/h2-3,8-9H,4-7H2,1H3,(H,11,12)/b3-2+. The molecule has 1 aliphatic rings. The topological polar surface area (TPSA) is 37.3 Å². The van der Waals surface area contributed by atoms with E-state index in [0.29, 0.717) is 5.92 Å². The van der Waals surface area contributed by atoms with Gasteiger partial charge in [-0.25, -0.2) is 0 Å². The third-order valence-corrected chi connectivity index (χ3v) is 2.59. The van der Waals surface area contributed by atoms with Gasteiger partial charge in [0.05, 0.1) is 5.92 Å². The molecule has 0 saturated heterocycles. The lowest BCUT2D eigenvalue weighted by Crippen LogP contribution is -2.20. The Morgan fingerprint density at radius 3 is 2.33 bits per heavy atom. The first kappa shape index (κ1) is 9.30. The Morgan fingerprint density at radius 1 is 1.33 bits per heavy atom. The molecule has 0 heterocycles. The summed E-state index contributed by atoms with van der Waals surface area (Å²) in [7, 11) is 0. The van der Waals surface area contributed by atoms with E-state index in [-0.39, 0.29) is 5.92 Å². The third kappa shape index (κ3) is 2.36. The second-order valence-corrected chi connectivity index (χ2v) is 3.48. The highest BCUT2D eigenvalue weighted by atomic mass is 16.4. The molecule has 1 N–H and O–H groups in total. The van der Waals surface area contributed by atoms with Crippen LogP contribution in [0.1, 0.15) is 32.6 Å². The average Bonchev–Trinajstić information content (AvgIpc) is 2.06. The van der Waals surface area contributed by atoms with Gasteiger partial charge in [0, 0.05) is 0 Å². The van der Waals surface area contributed by atoms with E-state index in [0.717, 1.165) is 25.7 Å². The maximum absolute atomic E-state index is 10.6. The van der Waals surface area contributed by atoms with Crippen molar-refractivity contribution in [3.05, 3.63) is 12.2 Å². The molecule has 1 saturated carbocycles. The van der Waals surface area contributed by atoms with Crippen molar-refractivity contribution in [1.29, 1.82) is 0 Å². The van der Waals surface area contributed by atoms with Crippen molar-refractivity contribution < 1.29 is 9.90 Å². The second-order valence-electron chi connectivity index (χ2n) is 3.48. The molecule has 0 spiro atoms. The Balaban J connectivity index is 2.34. The van der Waals surface area contributed by atoms with Crippen molar-refractivity contribution in [2.24, 2.45) is 11.8 Å². The predicted octanol–water partition coefficient (Wildman–Crippen LogP) is 2.45. The average molecular weight is 168 g/mol. The lowest BCUT2D eigenvalue weighted by atomic mass is 9.82. The summed E-state index contributed by atoms with van der Waals surface area (Å²) >= 11 is 0. The van der Waals surface area contributed by atoms with Crippen molar-refractivity contribution in [2.75, 3.05) is 0 Å². The maximum Gasteiger partial charge on any atom is 0.306 e. The third-order valence-electron chi connectivity index (χ3n) is 2.59. The second kappa shape index (κ2) is 4.29. The molecule has 0 aromatic carbocycles. The van der Waals surface area contributed by atoms with Crippen LogP contribution in [-0.4, -0.2) is 11.1 Å². The van der Waals surface area contributed by atoms with Gasteiger partial charge < -0.3 is 5.11 Å². The number of hydrogen-bond acceptors (Lipinski definition) is 1. The van der Waals surface area contributed by atoms with E-state index in [1.807, 2.05) is 6.92 Å². The molecule has 0 aromatic rings. The number of carboxylic acids is 1.